The summed E-state index contributed by atoms with van der Waals surface area (Å²) in [6, 6.07) is 13.6. The third-order valence-corrected chi connectivity index (χ3v) is 8.37. The van der Waals surface area contributed by atoms with E-state index in [0.29, 0.717) is 24.2 Å². The smallest absolute Gasteiger partial charge is 0.254 e. The topological polar surface area (TPSA) is 59.0 Å². The number of rotatable bonds is 5. The van der Waals surface area contributed by atoms with Crippen LogP contribution in [0.2, 0.25) is 0 Å². The van der Waals surface area contributed by atoms with Crippen LogP contribution < -0.4 is 4.74 Å². The summed E-state index contributed by atoms with van der Waals surface area (Å²) in [4.78, 5) is 26.0. The molecule has 0 aromatic heterocycles. The maximum Gasteiger partial charge on any atom is 0.254 e. The number of halogens is 2. The largest absolute Gasteiger partial charge is 0.488 e. The van der Waals surface area contributed by atoms with Crippen LogP contribution in [0.5, 0.6) is 5.75 Å². The summed E-state index contributed by atoms with van der Waals surface area (Å²) in [6.45, 7) is 0.456. The molecule has 2 aromatic carbocycles. The van der Waals surface area contributed by atoms with Crippen molar-refractivity contribution in [3.05, 3.63) is 74.7 Å². The molecule has 3 fully saturated rings. The van der Waals surface area contributed by atoms with E-state index in [9.17, 15) is 9.59 Å². The zero-order chi connectivity index (χ0) is 22.0. The molecule has 0 unspecified atom stereocenters. The van der Waals surface area contributed by atoms with Gasteiger partial charge in [-0.05, 0) is 87.5 Å². The molecule has 0 spiro atoms. The minimum absolute atomic E-state index is 0.144. The highest BCUT2D eigenvalue weighted by molar-refractivity contribution is 9.10. The zero-order valence-corrected chi connectivity index (χ0v) is 20.2. The van der Waals surface area contributed by atoms with Crippen molar-refractivity contribution in [1.29, 1.82) is 0 Å². The van der Waals surface area contributed by atoms with Crippen molar-refractivity contribution in [2.45, 2.75) is 13.0 Å². The van der Waals surface area contributed by atoms with Gasteiger partial charge in [-0.3, -0.25) is 9.59 Å². The van der Waals surface area contributed by atoms with Crippen LogP contribution in [0.4, 0.5) is 0 Å². The van der Waals surface area contributed by atoms with Crippen molar-refractivity contribution in [2.24, 2.45) is 40.6 Å². The quantitative estimate of drug-likeness (QED) is 0.290. The number of nitrogens with zero attached hydrogens (tertiary/aromatic N) is 2. The second-order valence-electron chi connectivity index (χ2n) is 8.99. The van der Waals surface area contributed by atoms with E-state index in [1.165, 1.54) is 0 Å². The van der Waals surface area contributed by atoms with Gasteiger partial charge >= 0.3 is 0 Å². The predicted molar refractivity (Wildman–Crippen MR) is 127 cm³/mol. The zero-order valence-electron chi connectivity index (χ0n) is 17.0. The first-order valence-corrected chi connectivity index (χ1v) is 12.4. The summed E-state index contributed by atoms with van der Waals surface area (Å²) >= 11 is 6.97. The van der Waals surface area contributed by atoms with Gasteiger partial charge in [-0.2, -0.15) is 10.1 Å². The molecule has 1 heterocycles. The van der Waals surface area contributed by atoms with Gasteiger partial charge in [0.05, 0.1) is 22.5 Å². The van der Waals surface area contributed by atoms with E-state index in [2.05, 4.69) is 49.1 Å². The molecule has 2 aromatic rings. The first-order chi connectivity index (χ1) is 15.5. The summed E-state index contributed by atoms with van der Waals surface area (Å²) < 4.78 is 7.72. The Labute approximate surface area is 202 Å². The van der Waals surface area contributed by atoms with Gasteiger partial charge in [0.25, 0.3) is 11.8 Å². The molecular formula is C25H20Br2N2O3. The molecule has 7 rings (SSSR count). The van der Waals surface area contributed by atoms with Gasteiger partial charge in [-0.1, -0.05) is 40.2 Å². The van der Waals surface area contributed by atoms with Crippen LogP contribution in [0.15, 0.2) is 68.7 Å². The van der Waals surface area contributed by atoms with Crippen LogP contribution in [-0.4, -0.2) is 23.0 Å². The number of hydrazone groups is 1. The summed E-state index contributed by atoms with van der Waals surface area (Å²) in [5.41, 5.74) is 1.85. The molecule has 2 saturated carbocycles. The Kier molecular flexibility index (Phi) is 4.88. The average molecular weight is 556 g/mol. The highest BCUT2D eigenvalue weighted by Crippen LogP contribution is 2.65. The predicted octanol–water partition coefficient (Wildman–Crippen LogP) is 5.18. The van der Waals surface area contributed by atoms with E-state index in [0.717, 1.165) is 31.5 Å². The molecule has 1 aliphatic heterocycles. The molecule has 7 heteroatoms. The maximum absolute atomic E-state index is 13.0. The lowest BCUT2D eigenvalue weighted by atomic mass is 9.63. The van der Waals surface area contributed by atoms with E-state index in [1.54, 1.807) is 6.21 Å². The number of hydrogen-bond donors (Lipinski definition) is 0. The Hall–Kier alpha value is -2.25. The minimum atomic E-state index is -0.223. The second kappa shape index (κ2) is 7.66. The minimum Gasteiger partial charge on any atom is -0.488 e. The van der Waals surface area contributed by atoms with Crippen molar-refractivity contribution >= 4 is 49.9 Å². The van der Waals surface area contributed by atoms with E-state index in [-0.39, 0.29) is 35.5 Å². The van der Waals surface area contributed by atoms with Crippen molar-refractivity contribution in [1.82, 2.24) is 5.01 Å². The highest BCUT2D eigenvalue weighted by atomic mass is 79.9. The molecule has 2 bridgehead atoms. The number of ether oxygens (including phenoxy) is 1. The van der Waals surface area contributed by atoms with Crippen molar-refractivity contribution in [3.8, 4) is 5.75 Å². The maximum atomic E-state index is 13.0. The van der Waals surface area contributed by atoms with Crippen LogP contribution in [0.3, 0.4) is 0 Å². The SMILES string of the molecule is O=C1[C@@H]2[C@H]3C=C[C@@H]([C@@H]4C[C@H]34)[C@H]2C(=O)N1N=Cc1ccc(OCc2ccc(Br)cc2)c(Br)c1. The standard InChI is InChI=1S/C25H20Br2N2O3/c26-15-4-1-13(2-5-15)12-32-21-8-3-14(9-20(21)27)11-28-29-24(30)22-16-6-7-17(19-10-18(16)19)23(22)25(29)31/h1-9,11,16-19,22-23H,10,12H2/t16-,17-,18-,19+,22+,23+/m0/s1. The van der Waals surface area contributed by atoms with Crippen molar-refractivity contribution in [2.75, 3.05) is 0 Å². The number of imide groups is 1. The number of carbonyl (C=O) groups excluding carboxylic acids is 2. The third kappa shape index (κ3) is 3.28. The normalized spacial score (nSPS) is 31.9. The monoisotopic (exact) mass is 554 g/mol. The van der Waals surface area contributed by atoms with E-state index < -0.39 is 0 Å². The van der Waals surface area contributed by atoms with Gasteiger partial charge in [0.1, 0.15) is 12.4 Å². The number of carbonyl (C=O) groups is 2. The number of hydrogen-bond acceptors (Lipinski definition) is 4. The fraction of sp³-hybridized carbons (Fsp3) is 0.320. The van der Waals surface area contributed by atoms with Crippen molar-refractivity contribution in [3.63, 3.8) is 0 Å². The number of allylic oxidation sites excluding steroid dienone is 2. The Morgan fingerprint density at radius 2 is 1.62 bits per heavy atom. The van der Waals surface area contributed by atoms with E-state index >= 15 is 0 Å². The lowest BCUT2D eigenvalue weighted by molar-refractivity contribution is -0.140. The fourth-order valence-electron chi connectivity index (χ4n) is 5.64. The molecule has 6 atom stereocenters. The fourth-order valence-corrected chi connectivity index (χ4v) is 6.41. The van der Waals surface area contributed by atoms with E-state index in [4.69, 9.17) is 4.74 Å². The molecule has 2 amide bonds. The highest BCUT2D eigenvalue weighted by Gasteiger charge is 2.67. The summed E-state index contributed by atoms with van der Waals surface area (Å²) in [5.74, 6) is 1.58. The summed E-state index contributed by atoms with van der Waals surface area (Å²) in [7, 11) is 0. The molecule has 0 radical (unpaired) electrons. The molecular weight excluding hydrogens is 536 g/mol. The van der Waals surface area contributed by atoms with Gasteiger partial charge in [0, 0.05) is 4.47 Å². The Morgan fingerprint density at radius 1 is 0.969 bits per heavy atom. The molecule has 5 nitrogen and oxygen atoms in total. The van der Waals surface area contributed by atoms with Crippen LogP contribution >= 0.6 is 31.9 Å². The molecule has 32 heavy (non-hydrogen) atoms. The van der Waals surface area contributed by atoms with Gasteiger partial charge in [-0.25, -0.2) is 0 Å². The summed E-state index contributed by atoms with van der Waals surface area (Å²) in [5, 5.41) is 5.41. The molecule has 0 N–H and O–H groups in total. The Bertz CT molecular complexity index is 1140. The lowest BCUT2D eigenvalue weighted by Crippen LogP contribution is -2.40. The lowest BCUT2D eigenvalue weighted by Gasteiger charge is -2.37. The third-order valence-electron chi connectivity index (χ3n) is 7.23. The Balaban J connectivity index is 1.15. The van der Waals surface area contributed by atoms with Gasteiger partial charge in [-0.15, -0.1) is 0 Å². The molecule has 1 saturated heterocycles. The second-order valence-corrected chi connectivity index (χ2v) is 10.8. The Morgan fingerprint density at radius 3 is 2.25 bits per heavy atom. The van der Waals surface area contributed by atoms with Gasteiger partial charge in [0.15, 0.2) is 0 Å². The van der Waals surface area contributed by atoms with E-state index in [1.807, 2.05) is 42.5 Å². The van der Waals surface area contributed by atoms with Gasteiger partial charge < -0.3 is 4.74 Å². The van der Waals surface area contributed by atoms with Crippen LogP contribution in [0.1, 0.15) is 17.5 Å². The van der Waals surface area contributed by atoms with Crippen molar-refractivity contribution < 1.29 is 14.3 Å². The average Bonchev–Trinajstić information content (AvgIpc) is 3.57. The van der Waals surface area contributed by atoms with Gasteiger partial charge in [0.2, 0.25) is 0 Å². The molecule has 5 aliphatic rings. The van der Waals surface area contributed by atoms with Crippen LogP contribution in [-0.2, 0) is 16.2 Å². The van der Waals surface area contributed by atoms with Crippen LogP contribution in [0, 0.1) is 35.5 Å². The molecule has 4 aliphatic carbocycles. The first kappa shape index (κ1) is 20.4. The number of benzene rings is 2. The van der Waals surface area contributed by atoms with Crippen LogP contribution in [0.25, 0.3) is 0 Å². The first-order valence-electron chi connectivity index (χ1n) is 10.8. The summed E-state index contributed by atoms with van der Waals surface area (Å²) in [6.07, 6.45) is 7.07. The molecule has 162 valence electrons. The number of amides is 2.